The molecule has 0 aromatic heterocycles. The van der Waals surface area contributed by atoms with Crippen molar-refractivity contribution in [3.63, 3.8) is 0 Å². The van der Waals surface area contributed by atoms with Crippen molar-refractivity contribution in [3.8, 4) is 0 Å². The highest BCUT2D eigenvalue weighted by molar-refractivity contribution is 9.10. The van der Waals surface area contributed by atoms with Crippen LogP contribution in [0.4, 0.5) is 5.69 Å². The zero-order chi connectivity index (χ0) is 16.4. The van der Waals surface area contributed by atoms with Crippen LogP contribution in [0.2, 0.25) is 0 Å². The van der Waals surface area contributed by atoms with E-state index in [1.807, 2.05) is 30.4 Å². The molecule has 0 bridgehead atoms. The number of fused-ring (bicyclic) bond motifs is 1. The van der Waals surface area contributed by atoms with Crippen molar-refractivity contribution in [1.82, 2.24) is 4.90 Å². The molecule has 1 aromatic rings. The van der Waals surface area contributed by atoms with Crippen molar-refractivity contribution in [1.29, 1.82) is 0 Å². The summed E-state index contributed by atoms with van der Waals surface area (Å²) in [4.78, 5) is 37.9. The van der Waals surface area contributed by atoms with E-state index in [0.717, 1.165) is 4.47 Å². The van der Waals surface area contributed by atoms with Crippen molar-refractivity contribution in [2.75, 3.05) is 11.9 Å². The molecule has 5 nitrogen and oxygen atoms in total. The number of likely N-dealkylation sites (tertiary alicyclic amines) is 1. The Bertz CT molecular complexity index is 660. The first-order valence-electron chi connectivity index (χ1n) is 7.62. The Labute approximate surface area is 142 Å². The van der Waals surface area contributed by atoms with Crippen LogP contribution in [-0.4, -0.2) is 29.2 Å². The maximum atomic E-state index is 12.3. The predicted molar refractivity (Wildman–Crippen MR) is 89.5 cm³/mol. The van der Waals surface area contributed by atoms with Crippen LogP contribution in [0.25, 0.3) is 0 Å². The van der Waals surface area contributed by atoms with E-state index in [9.17, 15) is 14.4 Å². The average Bonchev–Trinajstić information content (AvgIpc) is 2.80. The fourth-order valence-electron chi connectivity index (χ4n) is 3.08. The topological polar surface area (TPSA) is 66.5 Å². The number of carbonyl (C=O) groups excluding carboxylic acids is 3. The molecule has 0 spiro atoms. The van der Waals surface area contributed by atoms with Crippen LogP contribution in [-0.2, 0) is 14.4 Å². The SMILES string of the molecule is O=C(CCN1C(=O)[C@@H]2CC=CC[C@H]2C1=O)Nc1ccccc1Br. The van der Waals surface area contributed by atoms with E-state index in [-0.39, 0.29) is 42.5 Å². The standard InChI is InChI=1S/C17H17BrN2O3/c18-13-7-3-4-8-14(13)19-15(21)9-10-20-16(22)11-5-1-2-6-12(11)17(20)23/h1-4,7-8,11-12H,5-6,9-10H2,(H,19,21)/t11-,12-/m1/s1. The Balaban J connectivity index is 1.58. The Kier molecular flexibility index (Phi) is 4.61. The monoisotopic (exact) mass is 376 g/mol. The van der Waals surface area contributed by atoms with Gasteiger partial charge >= 0.3 is 0 Å². The van der Waals surface area contributed by atoms with E-state index < -0.39 is 0 Å². The normalized spacial score (nSPS) is 23.1. The molecule has 3 rings (SSSR count). The maximum Gasteiger partial charge on any atom is 0.233 e. The summed E-state index contributed by atoms with van der Waals surface area (Å²) in [5, 5.41) is 2.78. The average molecular weight is 377 g/mol. The lowest BCUT2D eigenvalue weighted by molar-refractivity contribution is -0.140. The molecule has 6 heteroatoms. The minimum Gasteiger partial charge on any atom is -0.325 e. The van der Waals surface area contributed by atoms with Crippen LogP contribution >= 0.6 is 15.9 Å². The zero-order valence-corrected chi connectivity index (χ0v) is 14.1. The van der Waals surface area contributed by atoms with Crippen molar-refractivity contribution in [3.05, 3.63) is 40.9 Å². The van der Waals surface area contributed by atoms with E-state index in [0.29, 0.717) is 18.5 Å². The molecular formula is C17H17BrN2O3. The molecular weight excluding hydrogens is 360 g/mol. The lowest BCUT2D eigenvalue weighted by atomic mass is 9.85. The smallest absolute Gasteiger partial charge is 0.233 e. The molecule has 23 heavy (non-hydrogen) atoms. The van der Waals surface area contributed by atoms with E-state index in [4.69, 9.17) is 0 Å². The molecule has 0 saturated carbocycles. The van der Waals surface area contributed by atoms with Crippen LogP contribution in [0.15, 0.2) is 40.9 Å². The molecule has 2 atom stereocenters. The number of allylic oxidation sites excluding steroid dienone is 2. The van der Waals surface area contributed by atoms with Gasteiger partial charge in [-0.2, -0.15) is 0 Å². The number of nitrogens with one attached hydrogen (secondary N) is 1. The molecule has 120 valence electrons. The highest BCUT2D eigenvalue weighted by atomic mass is 79.9. The number of benzene rings is 1. The van der Waals surface area contributed by atoms with E-state index in [2.05, 4.69) is 21.2 Å². The van der Waals surface area contributed by atoms with Gasteiger partial charge in [-0.3, -0.25) is 19.3 Å². The third-order valence-electron chi connectivity index (χ3n) is 4.31. The van der Waals surface area contributed by atoms with Crippen LogP contribution < -0.4 is 5.32 Å². The number of para-hydroxylation sites is 1. The molecule has 1 aromatic carbocycles. The zero-order valence-electron chi connectivity index (χ0n) is 12.5. The van der Waals surface area contributed by atoms with Crippen molar-refractivity contribution in [2.24, 2.45) is 11.8 Å². The number of carbonyl (C=O) groups is 3. The van der Waals surface area contributed by atoms with Crippen molar-refractivity contribution >= 4 is 39.3 Å². The Hall–Kier alpha value is -1.95. The second-order valence-corrected chi connectivity index (χ2v) is 6.62. The number of halogens is 1. The summed E-state index contributed by atoms with van der Waals surface area (Å²) in [6.45, 7) is 0.140. The maximum absolute atomic E-state index is 12.3. The molecule has 1 aliphatic carbocycles. The first-order valence-corrected chi connectivity index (χ1v) is 8.42. The number of imide groups is 1. The first kappa shape index (κ1) is 15.9. The molecule has 1 saturated heterocycles. The largest absolute Gasteiger partial charge is 0.325 e. The molecule has 1 fully saturated rings. The number of anilines is 1. The molecule has 2 aliphatic rings. The summed E-state index contributed by atoms with van der Waals surface area (Å²) in [6.07, 6.45) is 5.25. The number of nitrogens with zero attached hydrogens (tertiary/aromatic N) is 1. The highest BCUT2D eigenvalue weighted by Crippen LogP contribution is 2.35. The van der Waals surface area contributed by atoms with E-state index >= 15 is 0 Å². The Morgan fingerprint density at radius 1 is 1.13 bits per heavy atom. The summed E-state index contributed by atoms with van der Waals surface area (Å²) < 4.78 is 0.791. The second-order valence-electron chi connectivity index (χ2n) is 5.76. The summed E-state index contributed by atoms with van der Waals surface area (Å²) in [7, 11) is 0. The van der Waals surface area contributed by atoms with Crippen LogP contribution in [0, 0.1) is 11.8 Å². The van der Waals surface area contributed by atoms with Crippen molar-refractivity contribution in [2.45, 2.75) is 19.3 Å². The lowest BCUT2D eigenvalue weighted by Crippen LogP contribution is -2.34. The molecule has 1 heterocycles. The Morgan fingerprint density at radius 3 is 2.35 bits per heavy atom. The summed E-state index contributed by atoms with van der Waals surface area (Å²) in [5.41, 5.74) is 0.675. The fraction of sp³-hybridized carbons (Fsp3) is 0.353. The first-order chi connectivity index (χ1) is 11.1. The van der Waals surface area contributed by atoms with Gasteiger partial charge in [-0.1, -0.05) is 24.3 Å². The minimum atomic E-state index is -0.237. The van der Waals surface area contributed by atoms with Crippen molar-refractivity contribution < 1.29 is 14.4 Å². The van der Waals surface area contributed by atoms with Gasteiger partial charge in [0.25, 0.3) is 0 Å². The molecule has 1 N–H and O–H groups in total. The number of hydrogen-bond donors (Lipinski definition) is 1. The number of amides is 3. The van der Waals surface area contributed by atoms with Gasteiger partial charge in [0.15, 0.2) is 0 Å². The van der Waals surface area contributed by atoms with Gasteiger partial charge in [0.05, 0.1) is 17.5 Å². The number of hydrogen-bond acceptors (Lipinski definition) is 3. The second kappa shape index (κ2) is 6.66. The third-order valence-corrected chi connectivity index (χ3v) is 5.00. The van der Waals surface area contributed by atoms with Gasteiger partial charge in [-0.25, -0.2) is 0 Å². The Morgan fingerprint density at radius 2 is 1.74 bits per heavy atom. The van der Waals surface area contributed by atoms with Crippen LogP contribution in [0.1, 0.15) is 19.3 Å². The van der Waals surface area contributed by atoms with Gasteiger partial charge in [0.1, 0.15) is 0 Å². The van der Waals surface area contributed by atoms with Gasteiger partial charge < -0.3 is 5.32 Å². The molecule has 0 unspecified atom stereocenters. The van der Waals surface area contributed by atoms with E-state index in [1.165, 1.54) is 4.90 Å². The minimum absolute atomic E-state index is 0.103. The third kappa shape index (κ3) is 3.22. The molecule has 3 amide bonds. The molecule has 1 aliphatic heterocycles. The van der Waals surface area contributed by atoms with Gasteiger partial charge in [0.2, 0.25) is 17.7 Å². The summed E-state index contributed by atoms with van der Waals surface area (Å²) >= 11 is 3.36. The van der Waals surface area contributed by atoms with Gasteiger partial charge in [-0.05, 0) is 40.9 Å². The van der Waals surface area contributed by atoms with Gasteiger partial charge in [-0.15, -0.1) is 0 Å². The summed E-state index contributed by atoms with van der Waals surface area (Å²) in [6, 6.07) is 7.30. The predicted octanol–water partition coefficient (Wildman–Crippen LogP) is 2.73. The highest BCUT2D eigenvalue weighted by Gasteiger charge is 2.46. The number of rotatable bonds is 4. The molecule has 0 radical (unpaired) electrons. The van der Waals surface area contributed by atoms with E-state index in [1.54, 1.807) is 6.07 Å². The van der Waals surface area contributed by atoms with Crippen LogP contribution in [0.3, 0.4) is 0 Å². The summed E-state index contributed by atoms with van der Waals surface area (Å²) in [5.74, 6) is -0.973. The quantitative estimate of drug-likeness (QED) is 0.648. The van der Waals surface area contributed by atoms with Gasteiger partial charge in [0, 0.05) is 17.4 Å². The fourth-order valence-corrected chi connectivity index (χ4v) is 3.46. The lowest BCUT2D eigenvalue weighted by Gasteiger charge is -2.14. The van der Waals surface area contributed by atoms with Crippen LogP contribution in [0.5, 0.6) is 0 Å².